The van der Waals surface area contributed by atoms with E-state index in [4.69, 9.17) is 0 Å². The lowest BCUT2D eigenvalue weighted by molar-refractivity contribution is 0.543. The molecule has 0 saturated carbocycles. The van der Waals surface area contributed by atoms with Crippen LogP contribution in [0.4, 0.5) is 0 Å². The SMILES string of the molecule is CC(C)(C)c1ncc2n(c1=O)CCC2. The molecular weight excluding hydrogens is 176 g/mol. The van der Waals surface area contributed by atoms with Crippen LogP contribution in [-0.2, 0) is 18.4 Å². The van der Waals surface area contributed by atoms with E-state index in [2.05, 4.69) is 4.98 Å². The molecule has 0 bridgehead atoms. The number of fused-ring (bicyclic) bond motifs is 1. The number of aromatic nitrogens is 2. The van der Waals surface area contributed by atoms with Gasteiger partial charge >= 0.3 is 0 Å². The summed E-state index contributed by atoms with van der Waals surface area (Å²) >= 11 is 0. The van der Waals surface area contributed by atoms with Gasteiger partial charge in [-0.15, -0.1) is 0 Å². The van der Waals surface area contributed by atoms with Gasteiger partial charge in [0.1, 0.15) is 5.69 Å². The lowest BCUT2D eigenvalue weighted by Crippen LogP contribution is -2.31. The topological polar surface area (TPSA) is 34.9 Å². The largest absolute Gasteiger partial charge is 0.310 e. The summed E-state index contributed by atoms with van der Waals surface area (Å²) in [4.78, 5) is 16.3. The highest BCUT2D eigenvalue weighted by atomic mass is 16.1. The third-order valence-corrected chi connectivity index (χ3v) is 2.66. The molecule has 2 heterocycles. The average Bonchev–Trinajstić information content (AvgIpc) is 2.50. The van der Waals surface area contributed by atoms with E-state index in [9.17, 15) is 4.79 Å². The van der Waals surface area contributed by atoms with Gasteiger partial charge in [-0.2, -0.15) is 0 Å². The maximum Gasteiger partial charge on any atom is 0.272 e. The highest BCUT2D eigenvalue weighted by Crippen LogP contribution is 2.18. The zero-order valence-electron chi connectivity index (χ0n) is 9.00. The lowest BCUT2D eigenvalue weighted by Gasteiger charge is -2.17. The van der Waals surface area contributed by atoms with Gasteiger partial charge in [-0.1, -0.05) is 20.8 Å². The lowest BCUT2D eigenvalue weighted by atomic mass is 9.92. The van der Waals surface area contributed by atoms with Crippen LogP contribution in [0.3, 0.4) is 0 Å². The van der Waals surface area contributed by atoms with Crippen molar-refractivity contribution < 1.29 is 0 Å². The summed E-state index contributed by atoms with van der Waals surface area (Å²) in [7, 11) is 0. The Labute approximate surface area is 83.8 Å². The van der Waals surface area contributed by atoms with Crippen LogP contribution in [-0.4, -0.2) is 9.55 Å². The molecule has 1 aliphatic heterocycles. The van der Waals surface area contributed by atoms with Crippen LogP contribution in [0.1, 0.15) is 38.6 Å². The van der Waals surface area contributed by atoms with Crippen molar-refractivity contribution in [2.24, 2.45) is 0 Å². The minimum absolute atomic E-state index is 0.104. The maximum atomic E-state index is 12.0. The van der Waals surface area contributed by atoms with Crippen LogP contribution in [0, 0.1) is 0 Å². The Morgan fingerprint density at radius 3 is 2.79 bits per heavy atom. The Morgan fingerprint density at radius 1 is 1.43 bits per heavy atom. The van der Waals surface area contributed by atoms with Crippen LogP contribution in [0.15, 0.2) is 11.0 Å². The second-order valence-electron chi connectivity index (χ2n) is 4.91. The number of aryl methyl sites for hydroxylation is 1. The predicted molar refractivity (Wildman–Crippen MR) is 55.5 cm³/mol. The van der Waals surface area contributed by atoms with Crippen LogP contribution >= 0.6 is 0 Å². The summed E-state index contributed by atoms with van der Waals surface area (Å²) in [5, 5.41) is 0. The van der Waals surface area contributed by atoms with E-state index in [0.29, 0.717) is 5.69 Å². The van der Waals surface area contributed by atoms with Crippen molar-refractivity contribution in [2.45, 2.75) is 45.6 Å². The van der Waals surface area contributed by atoms with Gasteiger partial charge in [-0.25, -0.2) is 0 Å². The summed E-state index contributed by atoms with van der Waals surface area (Å²) in [6.07, 6.45) is 3.92. The molecule has 0 fully saturated rings. The molecule has 0 atom stereocenters. The van der Waals surface area contributed by atoms with Gasteiger partial charge in [-0.05, 0) is 12.8 Å². The van der Waals surface area contributed by atoms with Crippen LogP contribution in [0.5, 0.6) is 0 Å². The second-order valence-corrected chi connectivity index (χ2v) is 4.91. The van der Waals surface area contributed by atoms with E-state index < -0.39 is 0 Å². The van der Waals surface area contributed by atoms with Crippen molar-refractivity contribution >= 4 is 0 Å². The van der Waals surface area contributed by atoms with Crippen molar-refractivity contribution in [3.05, 3.63) is 27.9 Å². The first-order chi connectivity index (χ1) is 6.50. The number of hydrogen-bond acceptors (Lipinski definition) is 2. The molecular formula is C11H16N2O. The quantitative estimate of drug-likeness (QED) is 0.624. The maximum absolute atomic E-state index is 12.0. The number of nitrogens with zero attached hydrogens (tertiary/aromatic N) is 2. The van der Waals surface area contributed by atoms with E-state index in [1.807, 2.05) is 31.5 Å². The standard InChI is InChI=1S/C11H16N2O/c1-11(2,3)9-10(14)13-6-4-5-8(13)7-12-9/h7H,4-6H2,1-3H3. The summed E-state index contributed by atoms with van der Waals surface area (Å²) in [6.45, 7) is 6.94. The fourth-order valence-corrected chi connectivity index (χ4v) is 1.90. The molecule has 1 aromatic rings. The average molecular weight is 192 g/mol. The number of hydrogen-bond donors (Lipinski definition) is 0. The first-order valence-electron chi connectivity index (χ1n) is 5.09. The normalized spacial score (nSPS) is 15.6. The first kappa shape index (κ1) is 9.44. The molecule has 0 unspecified atom stereocenters. The molecule has 0 amide bonds. The molecule has 3 heteroatoms. The minimum Gasteiger partial charge on any atom is -0.310 e. The molecule has 0 spiro atoms. The molecule has 1 aromatic heterocycles. The molecule has 2 rings (SSSR count). The van der Waals surface area contributed by atoms with Crippen molar-refractivity contribution in [1.82, 2.24) is 9.55 Å². The third kappa shape index (κ3) is 1.37. The molecule has 3 nitrogen and oxygen atoms in total. The van der Waals surface area contributed by atoms with Gasteiger partial charge in [-0.3, -0.25) is 9.78 Å². The van der Waals surface area contributed by atoms with Gasteiger partial charge in [0.15, 0.2) is 0 Å². The summed E-state index contributed by atoms with van der Waals surface area (Å²) in [5.74, 6) is 0. The zero-order valence-corrected chi connectivity index (χ0v) is 9.00. The fourth-order valence-electron chi connectivity index (χ4n) is 1.90. The molecule has 14 heavy (non-hydrogen) atoms. The second kappa shape index (κ2) is 2.94. The van der Waals surface area contributed by atoms with E-state index in [1.165, 1.54) is 0 Å². The van der Waals surface area contributed by atoms with Crippen LogP contribution < -0.4 is 5.56 Å². The first-order valence-corrected chi connectivity index (χ1v) is 5.09. The van der Waals surface area contributed by atoms with Crippen LogP contribution in [0.2, 0.25) is 0 Å². The van der Waals surface area contributed by atoms with Gasteiger partial charge < -0.3 is 4.57 Å². The Kier molecular flexibility index (Phi) is 1.98. The van der Waals surface area contributed by atoms with Gasteiger partial charge in [0.05, 0.1) is 0 Å². The van der Waals surface area contributed by atoms with Crippen molar-refractivity contribution in [2.75, 3.05) is 0 Å². The molecule has 0 radical (unpaired) electrons. The Balaban J connectivity index is 2.62. The van der Waals surface area contributed by atoms with Gasteiger partial charge in [0.2, 0.25) is 0 Å². The van der Waals surface area contributed by atoms with Gasteiger partial charge in [0.25, 0.3) is 5.56 Å². The smallest absolute Gasteiger partial charge is 0.272 e. The Hall–Kier alpha value is -1.12. The van der Waals surface area contributed by atoms with Crippen molar-refractivity contribution in [3.63, 3.8) is 0 Å². The highest BCUT2D eigenvalue weighted by Gasteiger charge is 2.23. The minimum atomic E-state index is -0.151. The van der Waals surface area contributed by atoms with E-state index in [0.717, 1.165) is 25.1 Å². The monoisotopic (exact) mass is 192 g/mol. The van der Waals surface area contributed by atoms with Crippen molar-refractivity contribution in [3.8, 4) is 0 Å². The summed E-state index contributed by atoms with van der Waals surface area (Å²) in [6, 6.07) is 0. The molecule has 0 aromatic carbocycles. The molecule has 76 valence electrons. The Morgan fingerprint density at radius 2 is 2.14 bits per heavy atom. The third-order valence-electron chi connectivity index (χ3n) is 2.66. The summed E-state index contributed by atoms with van der Waals surface area (Å²) in [5.41, 5.74) is 1.72. The summed E-state index contributed by atoms with van der Waals surface area (Å²) < 4.78 is 1.87. The molecule has 0 saturated heterocycles. The van der Waals surface area contributed by atoms with E-state index in [1.54, 1.807) is 0 Å². The van der Waals surface area contributed by atoms with E-state index in [-0.39, 0.29) is 11.0 Å². The highest BCUT2D eigenvalue weighted by molar-refractivity contribution is 5.14. The molecule has 0 N–H and O–H groups in total. The molecule has 1 aliphatic rings. The van der Waals surface area contributed by atoms with Gasteiger partial charge in [0, 0.05) is 23.9 Å². The van der Waals surface area contributed by atoms with Crippen LogP contribution in [0.25, 0.3) is 0 Å². The zero-order chi connectivity index (χ0) is 10.3. The van der Waals surface area contributed by atoms with Crippen molar-refractivity contribution in [1.29, 1.82) is 0 Å². The fraction of sp³-hybridized carbons (Fsp3) is 0.636. The number of rotatable bonds is 0. The van der Waals surface area contributed by atoms with E-state index >= 15 is 0 Å². The Bertz CT molecular complexity index is 412. The molecule has 0 aliphatic carbocycles. The predicted octanol–water partition coefficient (Wildman–Crippen LogP) is 1.49.